The molecule has 1 heterocycles. The highest BCUT2D eigenvalue weighted by molar-refractivity contribution is 9.10. The maximum absolute atomic E-state index is 9.57. The summed E-state index contributed by atoms with van der Waals surface area (Å²) in [6.45, 7) is 2.08. The Hall–Kier alpha value is -0.580. The predicted molar refractivity (Wildman–Crippen MR) is 74.5 cm³/mol. The Morgan fingerprint density at radius 1 is 1.47 bits per heavy atom. The highest BCUT2D eigenvalue weighted by Crippen LogP contribution is 2.30. The van der Waals surface area contributed by atoms with E-state index in [2.05, 4.69) is 44.3 Å². The molecule has 0 bridgehead atoms. The number of nitrogens with one attached hydrogen (secondary N) is 1. The lowest BCUT2D eigenvalue weighted by Crippen LogP contribution is -2.58. The lowest BCUT2D eigenvalue weighted by molar-refractivity contribution is 0.149. The number of nitrogens with zero attached hydrogens (tertiary/aromatic N) is 1. The molecule has 2 rings (SSSR count). The lowest BCUT2D eigenvalue weighted by Gasteiger charge is -2.43. The molecule has 0 amide bonds. The second-order valence-corrected chi connectivity index (χ2v) is 5.52. The molecule has 1 aliphatic heterocycles. The highest BCUT2D eigenvalue weighted by atomic mass is 79.9. The number of para-hydroxylation sites is 1. The van der Waals surface area contributed by atoms with Crippen LogP contribution < -0.4 is 10.2 Å². The van der Waals surface area contributed by atoms with Gasteiger partial charge in [-0.25, -0.2) is 0 Å². The third kappa shape index (κ3) is 2.64. The topological polar surface area (TPSA) is 35.5 Å². The number of hydrogen-bond donors (Lipinski definition) is 2. The second kappa shape index (κ2) is 5.38. The van der Waals surface area contributed by atoms with Crippen molar-refractivity contribution in [3.63, 3.8) is 0 Å². The number of benzene rings is 1. The second-order valence-electron chi connectivity index (χ2n) is 4.66. The van der Waals surface area contributed by atoms with E-state index < -0.39 is 0 Å². The van der Waals surface area contributed by atoms with Crippen LogP contribution in [0.15, 0.2) is 28.7 Å². The number of piperidine rings is 1. The van der Waals surface area contributed by atoms with Crippen molar-refractivity contribution < 1.29 is 5.11 Å². The van der Waals surface area contributed by atoms with Gasteiger partial charge in [0.05, 0.1) is 17.8 Å². The van der Waals surface area contributed by atoms with Crippen LogP contribution in [-0.2, 0) is 0 Å². The van der Waals surface area contributed by atoms with E-state index >= 15 is 0 Å². The Balaban J connectivity index is 2.20. The van der Waals surface area contributed by atoms with Crippen molar-refractivity contribution in [1.29, 1.82) is 0 Å². The number of likely N-dealkylation sites (N-methyl/N-ethyl adjacent to an activating group) is 1. The summed E-state index contributed by atoms with van der Waals surface area (Å²) in [5.41, 5.74) is 1.05. The average molecular weight is 299 g/mol. The quantitative estimate of drug-likeness (QED) is 0.896. The van der Waals surface area contributed by atoms with Crippen molar-refractivity contribution >= 4 is 21.6 Å². The van der Waals surface area contributed by atoms with Gasteiger partial charge in [0, 0.05) is 17.6 Å². The van der Waals surface area contributed by atoms with E-state index in [1.807, 2.05) is 13.1 Å². The van der Waals surface area contributed by atoms with Crippen molar-refractivity contribution in [3.8, 4) is 0 Å². The molecule has 1 fully saturated rings. The Morgan fingerprint density at radius 2 is 2.24 bits per heavy atom. The van der Waals surface area contributed by atoms with Gasteiger partial charge in [-0.1, -0.05) is 12.1 Å². The molecule has 2 N–H and O–H groups in total. The van der Waals surface area contributed by atoms with Crippen molar-refractivity contribution in [2.75, 3.05) is 31.6 Å². The van der Waals surface area contributed by atoms with Crippen LogP contribution in [0.1, 0.15) is 12.8 Å². The molecule has 1 atom stereocenters. The minimum atomic E-state index is -0.159. The van der Waals surface area contributed by atoms with E-state index in [0.29, 0.717) is 0 Å². The fourth-order valence-corrected chi connectivity index (χ4v) is 2.99. The first kappa shape index (κ1) is 12.9. The molecule has 0 spiro atoms. The van der Waals surface area contributed by atoms with Gasteiger partial charge in [0.1, 0.15) is 0 Å². The molecule has 0 aliphatic carbocycles. The first-order valence-corrected chi connectivity index (χ1v) is 6.79. The molecule has 4 heteroatoms. The van der Waals surface area contributed by atoms with Crippen LogP contribution >= 0.6 is 15.9 Å². The van der Waals surface area contributed by atoms with Crippen LogP contribution in [0.4, 0.5) is 5.69 Å². The van der Waals surface area contributed by atoms with E-state index in [1.54, 1.807) is 0 Å². The van der Waals surface area contributed by atoms with Crippen molar-refractivity contribution in [1.82, 2.24) is 5.32 Å². The van der Waals surface area contributed by atoms with Crippen LogP contribution in [0.25, 0.3) is 0 Å². The molecule has 0 radical (unpaired) electrons. The number of rotatable bonds is 3. The Morgan fingerprint density at radius 3 is 2.88 bits per heavy atom. The maximum Gasteiger partial charge on any atom is 0.0630 e. The van der Waals surface area contributed by atoms with E-state index in [4.69, 9.17) is 0 Å². The van der Waals surface area contributed by atoms with Gasteiger partial charge in [-0.05, 0) is 48.0 Å². The zero-order valence-electron chi connectivity index (χ0n) is 10.1. The molecule has 1 saturated heterocycles. The van der Waals surface area contributed by atoms with E-state index in [-0.39, 0.29) is 12.1 Å². The van der Waals surface area contributed by atoms with Crippen LogP contribution in [0.2, 0.25) is 0 Å². The molecule has 1 aromatic rings. The summed E-state index contributed by atoms with van der Waals surface area (Å²) in [6, 6.07) is 8.25. The molecule has 0 saturated carbocycles. The number of aliphatic hydroxyl groups is 1. The minimum absolute atomic E-state index is 0.159. The normalized spacial score (nSPS) is 25.0. The minimum Gasteiger partial charge on any atom is -0.394 e. The SMILES string of the molecule is CNC1(CO)CCCN(c2ccccc2Br)C1. The average Bonchev–Trinajstić information content (AvgIpc) is 2.39. The van der Waals surface area contributed by atoms with Gasteiger partial charge in [-0.3, -0.25) is 0 Å². The van der Waals surface area contributed by atoms with Crippen LogP contribution in [0.5, 0.6) is 0 Å². The smallest absolute Gasteiger partial charge is 0.0630 e. The summed E-state index contributed by atoms with van der Waals surface area (Å²) in [4.78, 5) is 2.33. The third-order valence-corrected chi connectivity index (χ3v) is 4.27. The van der Waals surface area contributed by atoms with Gasteiger partial charge in [0.25, 0.3) is 0 Å². The van der Waals surface area contributed by atoms with E-state index in [1.165, 1.54) is 5.69 Å². The predicted octanol–water partition coefficient (Wildman–Crippen LogP) is 2.00. The first-order chi connectivity index (χ1) is 8.21. The monoisotopic (exact) mass is 298 g/mol. The summed E-state index contributed by atoms with van der Waals surface area (Å²) in [7, 11) is 1.93. The largest absolute Gasteiger partial charge is 0.394 e. The zero-order chi connectivity index (χ0) is 12.3. The van der Waals surface area contributed by atoms with Gasteiger partial charge in [-0.2, -0.15) is 0 Å². The number of halogens is 1. The van der Waals surface area contributed by atoms with Crippen molar-refractivity contribution in [2.45, 2.75) is 18.4 Å². The van der Waals surface area contributed by atoms with Gasteiger partial charge in [0.15, 0.2) is 0 Å². The van der Waals surface area contributed by atoms with Gasteiger partial charge < -0.3 is 15.3 Å². The summed E-state index contributed by atoms with van der Waals surface area (Å²) >= 11 is 3.59. The fraction of sp³-hybridized carbons (Fsp3) is 0.538. The molecule has 3 nitrogen and oxygen atoms in total. The lowest BCUT2D eigenvalue weighted by atomic mass is 9.89. The molecule has 1 aromatic carbocycles. The summed E-state index contributed by atoms with van der Waals surface area (Å²) in [5, 5.41) is 12.9. The molecule has 1 aliphatic rings. The molecule has 94 valence electrons. The molecule has 17 heavy (non-hydrogen) atoms. The molecule has 1 unspecified atom stereocenters. The van der Waals surface area contributed by atoms with Gasteiger partial charge >= 0.3 is 0 Å². The number of hydrogen-bond acceptors (Lipinski definition) is 3. The number of anilines is 1. The molecular formula is C13H19BrN2O. The van der Waals surface area contributed by atoms with Crippen molar-refractivity contribution in [3.05, 3.63) is 28.7 Å². The van der Waals surface area contributed by atoms with E-state index in [0.717, 1.165) is 30.4 Å². The fourth-order valence-electron chi connectivity index (χ4n) is 2.46. The Bertz CT molecular complexity index is 379. The number of aliphatic hydroxyl groups excluding tert-OH is 1. The van der Waals surface area contributed by atoms with Gasteiger partial charge in [-0.15, -0.1) is 0 Å². The maximum atomic E-state index is 9.57. The molecule has 0 aromatic heterocycles. The van der Waals surface area contributed by atoms with Gasteiger partial charge in [0.2, 0.25) is 0 Å². The first-order valence-electron chi connectivity index (χ1n) is 6.00. The van der Waals surface area contributed by atoms with E-state index in [9.17, 15) is 5.11 Å². The summed E-state index contributed by atoms with van der Waals surface area (Å²) < 4.78 is 1.12. The van der Waals surface area contributed by atoms with Crippen molar-refractivity contribution in [2.24, 2.45) is 0 Å². The Kier molecular flexibility index (Phi) is 4.07. The summed E-state index contributed by atoms with van der Waals surface area (Å²) in [6.07, 6.45) is 2.13. The van der Waals surface area contributed by atoms with Crippen LogP contribution in [0, 0.1) is 0 Å². The van der Waals surface area contributed by atoms with Crippen LogP contribution in [0.3, 0.4) is 0 Å². The highest BCUT2D eigenvalue weighted by Gasteiger charge is 2.33. The zero-order valence-corrected chi connectivity index (χ0v) is 11.7. The van der Waals surface area contributed by atoms with Crippen LogP contribution in [-0.4, -0.2) is 37.4 Å². The Labute approximate surface area is 111 Å². The third-order valence-electron chi connectivity index (χ3n) is 3.60. The standard InChI is InChI=1S/C13H19BrN2O/c1-15-13(10-17)7-4-8-16(9-13)12-6-3-2-5-11(12)14/h2-3,5-6,15,17H,4,7-10H2,1H3. The summed E-state index contributed by atoms with van der Waals surface area (Å²) in [5.74, 6) is 0. The molecular weight excluding hydrogens is 280 g/mol.